The highest BCUT2D eigenvalue weighted by molar-refractivity contribution is 5.84. The molecule has 3 nitrogen and oxygen atoms in total. The van der Waals surface area contributed by atoms with Crippen molar-refractivity contribution < 1.29 is 9.53 Å². The van der Waals surface area contributed by atoms with Gasteiger partial charge in [0.15, 0.2) is 6.61 Å². The van der Waals surface area contributed by atoms with Crippen molar-refractivity contribution >= 4 is 5.91 Å². The van der Waals surface area contributed by atoms with Crippen molar-refractivity contribution in [3.8, 4) is 0 Å². The fourth-order valence-corrected chi connectivity index (χ4v) is 2.53. The van der Waals surface area contributed by atoms with E-state index in [9.17, 15) is 4.79 Å². The minimum atomic E-state index is 0.0758. The Kier molecular flexibility index (Phi) is 3.62. The maximum absolute atomic E-state index is 11.9. The van der Waals surface area contributed by atoms with Crippen molar-refractivity contribution in [2.45, 2.75) is 57.0 Å². The van der Waals surface area contributed by atoms with Crippen molar-refractivity contribution in [1.29, 1.82) is 0 Å². The lowest BCUT2D eigenvalue weighted by Gasteiger charge is -2.34. The minimum absolute atomic E-state index is 0.0758. The van der Waals surface area contributed by atoms with Crippen LogP contribution in [-0.2, 0) is 9.53 Å². The molecule has 0 aromatic carbocycles. The molecule has 0 spiro atoms. The van der Waals surface area contributed by atoms with Crippen molar-refractivity contribution in [1.82, 2.24) is 4.90 Å². The lowest BCUT2D eigenvalue weighted by molar-refractivity contribution is -0.134. The number of hydrogen-bond donors (Lipinski definition) is 0. The van der Waals surface area contributed by atoms with Gasteiger partial charge in [-0.3, -0.25) is 4.79 Å². The van der Waals surface area contributed by atoms with Crippen molar-refractivity contribution in [3.05, 3.63) is 6.61 Å². The van der Waals surface area contributed by atoms with Gasteiger partial charge in [0.05, 0.1) is 0 Å². The topological polar surface area (TPSA) is 29.5 Å². The molecule has 1 radical (unpaired) electrons. The van der Waals surface area contributed by atoms with Crippen LogP contribution in [0, 0.1) is 6.61 Å². The number of nitrogens with zero attached hydrogens (tertiary/aromatic N) is 1. The summed E-state index contributed by atoms with van der Waals surface area (Å²) in [5, 5.41) is 0. The minimum Gasteiger partial charge on any atom is -0.368 e. The van der Waals surface area contributed by atoms with E-state index >= 15 is 0 Å². The van der Waals surface area contributed by atoms with Crippen LogP contribution in [0.3, 0.4) is 0 Å². The smallest absolute Gasteiger partial charge is 0.255 e. The van der Waals surface area contributed by atoms with Crippen LogP contribution in [0.15, 0.2) is 0 Å². The van der Waals surface area contributed by atoms with E-state index in [1.54, 1.807) is 7.11 Å². The summed E-state index contributed by atoms with van der Waals surface area (Å²) < 4.78 is 4.84. The first-order valence-electron chi connectivity index (χ1n) is 6.01. The fraction of sp³-hybridized carbons (Fsp3) is 0.833. The van der Waals surface area contributed by atoms with Gasteiger partial charge < -0.3 is 9.64 Å². The van der Waals surface area contributed by atoms with E-state index in [4.69, 9.17) is 4.74 Å². The van der Waals surface area contributed by atoms with E-state index < -0.39 is 0 Å². The predicted octanol–water partition coefficient (Wildman–Crippen LogP) is 2.12. The molecular weight excluding hydrogens is 190 g/mol. The Morgan fingerprint density at radius 1 is 1.13 bits per heavy atom. The third-order valence-corrected chi connectivity index (χ3v) is 3.38. The lowest BCUT2D eigenvalue weighted by atomic mass is 9.94. The predicted molar refractivity (Wildman–Crippen MR) is 58.1 cm³/mol. The Bertz CT molecular complexity index is 220. The van der Waals surface area contributed by atoms with Gasteiger partial charge in [-0.2, -0.15) is 0 Å². The van der Waals surface area contributed by atoms with Gasteiger partial charge in [0, 0.05) is 19.2 Å². The summed E-state index contributed by atoms with van der Waals surface area (Å²) in [7, 11) is 1.55. The first kappa shape index (κ1) is 10.9. The van der Waals surface area contributed by atoms with Crippen LogP contribution in [-0.4, -0.2) is 30.0 Å². The number of amides is 1. The number of methoxy groups -OCH3 is 1. The standard InChI is InChI=1S/C12H20NO2/c1-15-9-12(14)13(11-7-8-11)10-5-3-2-4-6-10/h9-11H,2-8H2,1H3. The molecule has 0 heterocycles. The summed E-state index contributed by atoms with van der Waals surface area (Å²) in [4.78, 5) is 13.9. The number of carbonyl (C=O) groups excluding carboxylic acids is 1. The third kappa shape index (κ3) is 2.71. The van der Waals surface area contributed by atoms with E-state index in [2.05, 4.69) is 4.90 Å². The number of ether oxygens (including phenoxy) is 1. The van der Waals surface area contributed by atoms with Gasteiger partial charge in [-0.25, -0.2) is 0 Å². The van der Waals surface area contributed by atoms with Crippen LogP contribution in [0.4, 0.5) is 0 Å². The maximum atomic E-state index is 11.9. The zero-order valence-corrected chi connectivity index (χ0v) is 9.45. The summed E-state index contributed by atoms with van der Waals surface area (Å²) in [5.74, 6) is 0.0758. The Labute approximate surface area is 91.8 Å². The zero-order chi connectivity index (χ0) is 10.7. The van der Waals surface area contributed by atoms with Crippen LogP contribution in [0.5, 0.6) is 0 Å². The molecule has 0 saturated heterocycles. The Morgan fingerprint density at radius 2 is 1.73 bits per heavy atom. The number of hydrogen-bond acceptors (Lipinski definition) is 2. The van der Waals surface area contributed by atoms with E-state index in [1.165, 1.54) is 51.6 Å². The largest absolute Gasteiger partial charge is 0.368 e. The summed E-state index contributed by atoms with van der Waals surface area (Å²) >= 11 is 0. The summed E-state index contributed by atoms with van der Waals surface area (Å²) in [6.45, 7) is 1.35. The quantitative estimate of drug-likeness (QED) is 0.711. The second-order valence-corrected chi connectivity index (χ2v) is 4.62. The normalized spacial score (nSPS) is 22.7. The van der Waals surface area contributed by atoms with Gasteiger partial charge in [-0.15, -0.1) is 0 Å². The van der Waals surface area contributed by atoms with E-state index in [-0.39, 0.29) is 5.91 Å². The molecule has 85 valence electrons. The molecule has 0 aromatic heterocycles. The second-order valence-electron chi connectivity index (χ2n) is 4.62. The molecule has 15 heavy (non-hydrogen) atoms. The van der Waals surface area contributed by atoms with Crippen LogP contribution in [0.2, 0.25) is 0 Å². The molecule has 0 aromatic rings. The van der Waals surface area contributed by atoms with Gasteiger partial charge in [0.25, 0.3) is 5.91 Å². The highest BCUT2D eigenvalue weighted by atomic mass is 16.5. The van der Waals surface area contributed by atoms with Crippen molar-refractivity contribution in [3.63, 3.8) is 0 Å². The van der Waals surface area contributed by atoms with Crippen LogP contribution >= 0.6 is 0 Å². The number of carbonyl (C=O) groups is 1. The lowest BCUT2D eigenvalue weighted by Crippen LogP contribution is -2.43. The summed E-state index contributed by atoms with van der Waals surface area (Å²) in [6, 6.07) is 0.983. The molecule has 2 fully saturated rings. The monoisotopic (exact) mass is 210 g/mol. The van der Waals surface area contributed by atoms with Gasteiger partial charge >= 0.3 is 0 Å². The van der Waals surface area contributed by atoms with Gasteiger partial charge in [-0.05, 0) is 25.7 Å². The molecule has 0 unspecified atom stereocenters. The zero-order valence-electron chi connectivity index (χ0n) is 9.45. The average molecular weight is 210 g/mol. The van der Waals surface area contributed by atoms with E-state index in [0.29, 0.717) is 12.1 Å². The van der Waals surface area contributed by atoms with Gasteiger partial charge in [0.2, 0.25) is 0 Å². The third-order valence-electron chi connectivity index (χ3n) is 3.38. The van der Waals surface area contributed by atoms with E-state index in [1.807, 2.05) is 0 Å². The molecule has 0 aliphatic heterocycles. The summed E-state index contributed by atoms with van der Waals surface area (Å²) in [6.07, 6.45) is 8.60. The Morgan fingerprint density at radius 3 is 2.27 bits per heavy atom. The van der Waals surface area contributed by atoms with Gasteiger partial charge in [0.1, 0.15) is 0 Å². The summed E-state index contributed by atoms with van der Waals surface area (Å²) in [5.41, 5.74) is 0. The molecule has 0 bridgehead atoms. The molecule has 2 aliphatic carbocycles. The fourth-order valence-electron chi connectivity index (χ4n) is 2.53. The van der Waals surface area contributed by atoms with Gasteiger partial charge in [-0.1, -0.05) is 19.3 Å². The SMILES string of the molecule is CO[CH]C(=O)N(C1CCCCC1)C1CC1. The second kappa shape index (κ2) is 4.97. The van der Waals surface area contributed by atoms with Crippen molar-refractivity contribution in [2.75, 3.05) is 7.11 Å². The maximum Gasteiger partial charge on any atom is 0.255 e. The molecular formula is C12H20NO2. The van der Waals surface area contributed by atoms with Crippen LogP contribution in [0.25, 0.3) is 0 Å². The molecule has 1 amide bonds. The molecule has 3 heteroatoms. The molecule has 0 atom stereocenters. The Balaban J connectivity index is 1.94. The van der Waals surface area contributed by atoms with E-state index in [0.717, 1.165) is 0 Å². The molecule has 2 rings (SSSR count). The van der Waals surface area contributed by atoms with Crippen molar-refractivity contribution in [2.24, 2.45) is 0 Å². The first-order chi connectivity index (χ1) is 7.33. The Hall–Kier alpha value is -0.570. The number of rotatable bonds is 4. The van der Waals surface area contributed by atoms with Crippen LogP contribution in [0.1, 0.15) is 44.9 Å². The average Bonchev–Trinajstić information content (AvgIpc) is 3.04. The first-order valence-corrected chi connectivity index (χ1v) is 6.01. The molecule has 0 N–H and O–H groups in total. The highest BCUT2D eigenvalue weighted by Crippen LogP contribution is 2.34. The molecule has 2 saturated carbocycles. The molecule has 2 aliphatic rings. The van der Waals surface area contributed by atoms with Crippen LogP contribution < -0.4 is 0 Å². The highest BCUT2D eigenvalue weighted by Gasteiger charge is 2.37.